The third-order valence-corrected chi connectivity index (χ3v) is 4.46. The zero-order chi connectivity index (χ0) is 18.7. The van der Waals surface area contributed by atoms with Crippen LogP contribution in [-0.2, 0) is 25.6 Å². The molecule has 0 aliphatic rings. The van der Waals surface area contributed by atoms with E-state index in [0.29, 0.717) is 0 Å². The highest BCUT2D eigenvalue weighted by molar-refractivity contribution is 6.09. The number of hydrogen-bond acceptors (Lipinski definition) is 4. The van der Waals surface area contributed by atoms with Crippen molar-refractivity contribution in [2.45, 2.75) is 19.9 Å². The normalized spacial score (nSPS) is 11.7. The number of para-hydroxylation sites is 1. The summed E-state index contributed by atoms with van der Waals surface area (Å²) in [4.78, 5) is 23.6. The van der Waals surface area contributed by atoms with E-state index >= 15 is 0 Å². The van der Waals surface area contributed by atoms with Gasteiger partial charge in [-0.1, -0.05) is 24.3 Å². The summed E-state index contributed by atoms with van der Waals surface area (Å²) in [6.45, 7) is 2.99. The first-order chi connectivity index (χ1) is 12.6. The van der Waals surface area contributed by atoms with Crippen molar-refractivity contribution in [2.24, 2.45) is 0 Å². The lowest BCUT2D eigenvalue weighted by Gasteiger charge is -2.06. The van der Waals surface area contributed by atoms with Crippen LogP contribution in [0.4, 0.5) is 0 Å². The van der Waals surface area contributed by atoms with Crippen LogP contribution in [0.3, 0.4) is 0 Å². The molecule has 0 amide bonds. The van der Waals surface area contributed by atoms with Crippen LogP contribution in [0.2, 0.25) is 0 Å². The van der Waals surface area contributed by atoms with Crippen molar-refractivity contribution >= 4 is 39.8 Å². The number of nitrogens with zero attached hydrogens (tertiary/aromatic N) is 1. The Balaban J connectivity index is 2.14. The van der Waals surface area contributed by atoms with Gasteiger partial charge in [0.15, 0.2) is 0 Å². The van der Waals surface area contributed by atoms with Crippen molar-refractivity contribution < 1.29 is 19.1 Å². The van der Waals surface area contributed by atoms with Gasteiger partial charge in [-0.15, -0.1) is 0 Å². The largest absolute Gasteiger partial charge is 0.469 e. The van der Waals surface area contributed by atoms with Gasteiger partial charge in [-0.3, -0.25) is 4.79 Å². The van der Waals surface area contributed by atoms with Crippen molar-refractivity contribution in [1.29, 1.82) is 0 Å². The standard InChI is InChI=1S/C21H21NO4/c1-4-22-18-8-6-5-7-16(18)17-12-14(9-10-19(17)22)11-15(21(24)26-3)13-20(23)25-2/h5-12H,4,13H2,1-3H3/b15-11+. The SMILES string of the molecule is CCn1c2ccccc2c2cc(/C=C(\CC(=O)OC)C(=O)OC)ccc21. The zero-order valence-corrected chi connectivity index (χ0v) is 15.1. The minimum Gasteiger partial charge on any atom is -0.469 e. The van der Waals surface area contributed by atoms with Crippen LogP contribution in [0.15, 0.2) is 48.0 Å². The highest BCUT2D eigenvalue weighted by atomic mass is 16.5. The molecule has 0 aliphatic heterocycles. The number of methoxy groups -OCH3 is 2. The maximum absolute atomic E-state index is 12.0. The number of rotatable bonds is 5. The second-order valence-electron chi connectivity index (χ2n) is 5.95. The Kier molecular flexibility index (Phi) is 5.07. The topological polar surface area (TPSA) is 57.5 Å². The van der Waals surface area contributed by atoms with E-state index in [9.17, 15) is 9.59 Å². The Hall–Kier alpha value is -3.08. The van der Waals surface area contributed by atoms with Crippen LogP contribution in [-0.4, -0.2) is 30.7 Å². The van der Waals surface area contributed by atoms with Crippen LogP contribution in [0, 0.1) is 0 Å². The van der Waals surface area contributed by atoms with Crippen LogP contribution in [0.25, 0.3) is 27.9 Å². The van der Waals surface area contributed by atoms with Crippen molar-refractivity contribution in [2.75, 3.05) is 14.2 Å². The van der Waals surface area contributed by atoms with Crippen LogP contribution < -0.4 is 0 Å². The molecule has 1 aromatic heterocycles. The third kappa shape index (κ3) is 3.20. The summed E-state index contributed by atoms with van der Waals surface area (Å²) in [7, 11) is 2.59. The zero-order valence-electron chi connectivity index (χ0n) is 15.1. The first kappa shape index (κ1) is 17.7. The first-order valence-electron chi connectivity index (χ1n) is 8.45. The third-order valence-electron chi connectivity index (χ3n) is 4.46. The summed E-state index contributed by atoms with van der Waals surface area (Å²) in [6, 6.07) is 14.2. The average molecular weight is 351 g/mol. The lowest BCUT2D eigenvalue weighted by atomic mass is 10.1. The Morgan fingerprint density at radius 1 is 1.00 bits per heavy atom. The molecule has 3 rings (SSSR count). The predicted octanol–water partition coefficient (Wildman–Crippen LogP) is 3.93. The summed E-state index contributed by atoms with van der Waals surface area (Å²) in [6.07, 6.45) is 1.55. The van der Waals surface area contributed by atoms with E-state index in [1.54, 1.807) is 6.08 Å². The number of fused-ring (bicyclic) bond motifs is 3. The highest BCUT2D eigenvalue weighted by Crippen LogP contribution is 2.30. The van der Waals surface area contributed by atoms with E-state index in [1.165, 1.54) is 19.7 Å². The van der Waals surface area contributed by atoms with Crippen molar-refractivity contribution in [3.8, 4) is 0 Å². The fourth-order valence-corrected chi connectivity index (χ4v) is 3.24. The first-order valence-corrected chi connectivity index (χ1v) is 8.45. The van der Waals surface area contributed by atoms with Gasteiger partial charge >= 0.3 is 11.9 Å². The molecule has 0 saturated heterocycles. The van der Waals surface area contributed by atoms with Crippen molar-refractivity contribution in [3.63, 3.8) is 0 Å². The summed E-state index contributed by atoms with van der Waals surface area (Å²) in [5.41, 5.74) is 3.41. The van der Waals surface area contributed by atoms with Gasteiger partial charge in [0.1, 0.15) is 0 Å². The summed E-state index contributed by atoms with van der Waals surface area (Å²) in [5, 5.41) is 2.27. The Morgan fingerprint density at radius 2 is 1.73 bits per heavy atom. The number of aromatic nitrogens is 1. The van der Waals surface area contributed by atoms with Gasteiger partial charge < -0.3 is 14.0 Å². The molecule has 26 heavy (non-hydrogen) atoms. The molecule has 134 valence electrons. The van der Waals surface area contributed by atoms with Gasteiger partial charge in [0.05, 0.1) is 20.6 Å². The molecule has 0 saturated carbocycles. The van der Waals surface area contributed by atoms with E-state index in [0.717, 1.165) is 28.4 Å². The maximum Gasteiger partial charge on any atom is 0.334 e. The second-order valence-corrected chi connectivity index (χ2v) is 5.95. The van der Waals surface area contributed by atoms with Crippen LogP contribution >= 0.6 is 0 Å². The summed E-state index contributed by atoms with van der Waals surface area (Å²) >= 11 is 0. The number of hydrogen-bond donors (Lipinski definition) is 0. The number of ether oxygens (including phenoxy) is 2. The monoisotopic (exact) mass is 351 g/mol. The van der Waals surface area contributed by atoms with E-state index in [4.69, 9.17) is 4.74 Å². The van der Waals surface area contributed by atoms with Gasteiger partial charge in [0, 0.05) is 33.9 Å². The molecule has 0 atom stereocenters. The van der Waals surface area contributed by atoms with E-state index in [1.807, 2.05) is 30.3 Å². The van der Waals surface area contributed by atoms with Crippen molar-refractivity contribution in [3.05, 3.63) is 53.6 Å². The molecule has 0 radical (unpaired) electrons. The smallest absolute Gasteiger partial charge is 0.334 e. The quantitative estimate of drug-likeness (QED) is 0.516. The van der Waals surface area contributed by atoms with Gasteiger partial charge in [0.2, 0.25) is 0 Å². The minimum atomic E-state index is -0.536. The summed E-state index contributed by atoms with van der Waals surface area (Å²) in [5.74, 6) is -1.02. The lowest BCUT2D eigenvalue weighted by molar-refractivity contribution is -0.143. The molecule has 5 heteroatoms. The molecule has 5 nitrogen and oxygen atoms in total. The number of esters is 2. The fourth-order valence-electron chi connectivity index (χ4n) is 3.24. The maximum atomic E-state index is 12.0. The molecule has 0 fully saturated rings. The molecular weight excluding hydrogens is 330 g/mol. The molecule has 3 aromatic rings. The molecule has 1 heterocycles. The number of carbonyl (C=O) groups excluding carboxylic acids is 2. The number of benzene rings is 2. The molecule has 0 spiro atoms. The molecular formula is C21H21NO4. The van der Waals surface area contributed by atoms with Gasteiger partial charge in [0.25, 0.3) is 0 Å². The van der Waals surface area contributed by atoms with Gasteiger partial charge in [-0.05, 0) is 36.8 Å². The average Bonchev–Trinajstić information content (AvgIpc) is 2.99. The fraction of sp³-hybridized carbons (Fsp3) is 0.238. The molecule has 0 N–H and O–H groups in total. The van der Waals surface area contributed by atoms with Gasteiger partial charge in [-0.2, -0.15) is 0 Å². The number of aryl methyl sites for hydroxylation is 1. The van der Waals surface area contributed by atoms with Gasteiger partial charge in [-0.25, -0.2) is 4.79 Å². The second kappa shape index (κ2) is 7.44. The Bertz CT molecular complexity index is 1010. The predicted molar refractivity (Wildman–Crippen MR) is 102 cm³/mol. The number of carbonyl (C=O) groups is 2. The van der Waals surface area contributed by atoms with Crippen molar-refractivity contribution in [1.82, 2.24) is 4.57 Å². The minimum absolute atomic E-state index is 0.127. The Morgan fingerprint density at radius 3 is 2.42 bits per heavy atom. The van der Waals surface area contributed by atoms with E-state index in [2.05, 4.69) is 28.4 Å². The Labute approximate surface area is 151 Å². The van der Waals surface area contributed by atoms with Crippen LogP contribution in [0.1, 0.15) is 18.9 Å². The molecule has 0 bridgehead atoms. The summed E-state index contributed by atoms with van der Waals surface area (Å²) < 4.78 is 11.7. The van der Waals surface area contributed by atoms with E-state index in [-0.39, 0.29) is 12.0 Å². The van der Waals surface area contributed by atoms with E-state index < -0.39 is 11.9 Å². The lowest BCUT2D eigenvalue weighted by Crippen LogP contribution is -2.10. The highest BCUT2D eigenvalue weighted by Gasteiger charge is 2.16. The molecule has 2 aromatic carbocycles. The van der Waals surface area contributed by atoms with Crippen LogP contribution in [0.5, 0.6) is 0 Å². The molecule has 0 aliphatic carbocycles. The molecule has 0 unspecified atom stereocenters.